The van der Waals surface area contributed by atoms with E-state index >= 15 is 0 Å². The van der Waals surface area contributed by atoms with Crippen LogP contribution in [-0.2, 0) is 9.47 Å². The van der Waals surface area contributed by atoms with Crippen LogP contribution in [0, 0.1) is 0 Å². The molecule has 4 heteroatoms. The van der Waals surface area contributed by atoms with Gasteiger partial charge in [-0.25, -0.2) is 0 Å². The summed E-state index contributed by atoms with van der Waals surface area (Å²) in [6, 6.07) is 0. The minimum absolute atomic E-state index is 0.100. The molecule has 0 radical (unpaired) electrons. The molecule has 1 saturated heterocycles. The van der Waals surface area contributed by atoms with Crippen molar-refractivity contribution < 1.29 is 14.7 Å². The van der Waals surface area contributed by atoms with Gasteiger partial charge in [-0.3, -0.25) is 10.3 Å². The molecule has 1 heterocycles. The van der Waals surface area contributed by atoms with Crippen LogP contribution in [0.1, 0.15) is 33.6 Å². The highest BCUT2D eigenvalue weighted by Gasteiger charge is 2.36. The average Bonchev–Trinajstić information content (AvgIpc) is 2.22. The lowest BCUT2D eigenvalue weighted by atomic mass is 9.89. The second-order valence-corrected chi connectivity index (χ2v) is 5.10. The smallest absolute Gasteiger partial charge is 0.0776 e. The molecule has 0 aromatic carbocycles. The molecule has 2 atom stereocenters. The van der Waals surface area contributed by atoms with Gasteiger partial charge in [-0.05, 0) is 27.2 Å². The van der Waals surface area contributed by atoms with Crippen LogP contribution >= 0.6 is 0 Å². The van der Waals surface area contributed by atoms with Crippen molar-refractivity contribution in [3.63, 3.8) is 0 Å². The lowest BCUT2D eigenvalue weighted by molar-refractivity contribution is -0.172. The molecule has 1 aliphatic heterocycles. The largest absolute Gasteiger partial charge is 0.379 e. The van der Waals surface area contributed by atoms with Crippen LogP contribution in [0.25, 0.3) is 0 Å². The SMILES string of the molecule is C=C1CC(OCC(C)OC)CC(C)(C)N1O. The van der Waals surface area contributed by atoms with E-state index in [-0.39, 0.29) is 17.7 Å². The van der Waals surface area contributed by atoms with E-state index in [0.29, 0.717) is 18.7 Å². The van der Waals surface area contributed by atoms with Crippen molar-refractivity contribution in [3.8, 4) is 0 Å². The van der Waals surface area contributed by atoms with Gasteiger partial charge in [0.25, 0.3) is 0 Å². The summed E-state index contributed by atoms with van der Waals surface area (Å²) < 4.78 is 10.9. The number of rotatable bonds is 4. The molecule has 1 rings (SSSR count). The maximum absolute atomic E-state index is 9.80. The van der Waals surface area contributed by atoms with Gasteiger partial charge < -0.3 is 9.47 Å². The number of hydroxylamine groups is 2. The maximum Gasteiger partial charge on any atom is 0.0776 e. The highest BCUT2D eigenvalue weighted by molar-refractivity contribution is 5.04. The molecule has 94 valence electrons. The van der Waals surface area contributed by atoms with E-state index < -0.39 is 0 Å². The first-order chi connectivity index (χ1) is 7.36. The first-order valence-electron chi connectivity index (χ1n) is 5.68. The molecule has 0 aromatic heterocycles. The van der Waals surface area contributed by atoms with E-state index in [9.17, 15) is 5.21 Å². The zero-order valence-corrected chi connectivity index (χ0v) is 10.7. The molecule has 0 aromatic rings. The summed E-state index contributed by atoms with van der Waals surface area (Å²) in [5.41, 5.74) is 0.405. The van der Waals surface area contributed by atoms with Gasteiger partial charge in [0.15, 0.2) is 0 Å². The second kappa shape index (κ2) is 5.17. The molecule has 0 spiro atoms. The van der Waals surface area contributed by atoms with Gasteiger partial charge in [0.2, 0.25) is 0 Å². The van der Waals surface area contributed by atoms with Crippen LogP contribution < -0.4 is 0 Å². The Balaban J connectivity index is 2.48. The summed E-state index contributed by atoms with van der Waals surface area (Å²) >= 11 is 0. The third-order valence-corrected chi connectivity index (χ3v) is 3.03. The fraction of sp³-hybridized carbons (Fsp3) is 0.833. The van der Waals surface area contributed by atoms with Crippen LogP contribution in [0.2, 0.25) is 0 Å². The molecule has 1 fully saturated rings. The van der Waals surface area contributed by atoms with Crippen LogP contribution in [0.5, 0.6) is 0 Å². The van der Waals surface area contributed by atoms with Crippen LogP contribution in [-0.4, -0.2) is 41.7 Å². The molecule has 1 aliphatic rings. The third-order valence-electron chi connectivity index (χ3n) is 3.03. The van der Waals surface area contributed by atoms with Crippen LogP contribution in [0.4, 0.5) is 0 Å². The van der Waals surface area contributed by atoms with E-state index in [0.717, 1.165) is 6.42 Å². The molecule has 2 unspecified atom stereocenters. The van der Waals surface area contributed by atoms with Gasteiger partial charge in [-0.2, -0.15) is 0 Å². The van der Waals surface area contributed by atoms with Crippen molar-refractivity contribution in [3.05, 3.63) is 12.3 Å². The van der Waals surface area contributed by atoms with Gasteiger partial charge in [-0.15, -0.1) is 0 Å². The van der Waals surface area contributed by atoms with E-state index in [1.54, 1.807) is 7.11 Å². The minimum atomic E-state index is -0.309. The minimum Gasteiger partial charge on any atom is -0.379 e. The normalized spacial score (nSPS) is 26.9. The fourth-order valence-corrected chi connectivity index (χ4v) is 1.95. The van der Waals surface area contributed by atoms with Crippen molar-refractivity contribution in [1.29, 1.82) is 0 Å². The Bertz CT molecular complexity index is 253. The molecule has 16 heavy (non-hydrogen) atoms. The molecule has 0 bridgehead atoms. The zero-order chi connectivity index (χ0) is 12.3. The molecule has 1 N–H and O–H groups in total. The predicted molar refractivity (Wildman–Crippen MR) is 62.3 cm³/mol. The van der Waals surface area contributed by atoms with Crippen LogP contribution in [0.3, 0.4) is 0 Å². The lowest BCUT2D eigenvalue weighted by Gasteiger charge is -2.43. The standard InChI is InChI=1S/C12H23NO3/c1-9-6-11(16-8-10(2)15-5)7-12(3,4)13(9)14/h10-11,14H,1,6-8H2,2-5H3. The summed E-state index contributed by atoms with van der Waals surface area (Å²) in [4.78, 5) is 0. The van der Waals surface area contributed by atoms with Gasteiger partial charge in [0.05, 0.1) is 24.4 Å². The van der Waals surface area contributed by atoms with E-state index in [1.807, 2.05) is 20.8 Å². The Morgan fingerprint density at radius 3 is 2.75 bits per heavy atom. The van der Waals surface area contributed by atoms with Gasteiger partial charge in [-0.1, -0.05) is 6.58 Å². The number of piperidine rings is 1. The molecular weight excluding hydrogens is 206 g/mol. The Morgan fingerprint density at radius 2 is 2.25 bits per heavy atom. The van der Waals surface area contributed by atoms with Gasteiger partial charge >= 0.3 is 0 Å². The first-order valence-corrected chi connectivity index (χ1v) is 5.68. The van der Waals surface area contributed by atoms with E-state index in [1.165, 1.54) is 5.06 Å². The summed E-state index contributed by atoms with van der Waals surface area (Å²) in [7, 11) is 1.67. The molecular formula is C12H23NO3. The Morgan fingerprint density at radius 1 is 1.62 bits per heavy atom. The quantitative estimate of drug-likeness (QED) is 0.802. The van der Waals surface area contributed by atoms with Crippen molar-refractivity contribution >= 4 is 0 Å². The number of ether oxygens (including phenoxy) is 2. The fourth-order valence-electron chi connectivity index (χ4n) is 1.95. The predicted octanol–water partition coefficient (Wildman–Crippen LogP) is 2.18. The summed E-state index contributed by atoms with van der Waals surface area (Å²) in [6.07, 6.45) is 1.68. The molecule has 0 amide bonds. The van der Waals surface area contributed by atoms with Gasteiger partial charge in [0, 0.05) is 19.2 Å². The second-order valence-electron chi connectivity index (χ2n) is 5.10. The van der Waals surface area contributed by atoms with Crippen molar-refractivity contribution in [2.75, 3.05) is 13.7 Å². The maximum atomic E-state index is 9.80. The number of nitrogens with zero attached hydrogens (tertiary/aromatic N) is 1. The summed E-state index contributed by atoms with van der Waals surface area (Å²) in [6.45, 7) is 10.4. The van der Waals surface area contributed by atoms with E-state index in [4.69, 9.17) is 9.47 Å². The Hall–Kier alpha value is -0.580. The molecule has 0 aliphatic carbocycles. The number of hydrogen-bond acceptors (Lipinski definition) is 4. The highest BCUT2D eigenvalue weighted by atomic mass is 16.5. The summed E-state index contributed by atoms with van der Waals surface area (Å²) in [5, 5.41) is 11.1. The van der Waals surface area contributed by atoms with Crippen molar-refractivity contribution in [2.24, 2.45) is 0 Å². The highest BCUT2D eigenvalue weighted by Crippen LogP contribution is 2.33. The van der Waals surface area contributed by atoms with Crippen molar-refractivity contribution in [1.82, 2.24) is 5.06 Å². The van der Waals surface area contributed by atoms with Gasteiger partial charge in [0.1, 0.15) is 0 Å². The van der Waals surface area contributed by atoms with Crippen LogP contribution in [0.15, 0.2) is 12.3 Å². The molecule has 0 saturated carbocycles. The first kappa shape index (κ1) is 13.5. The Kier molecular flexibility index (Phi) is 4.35. The third kappa shape index (κ3) is 3.20. The zero-order valence-electron chi connectivity index (χ0n) is 10.7. The lowest BCUT2D eigenvalue weighted by Crippen LogP contribution is -2.48. The van der Waals surface area contributed by atoms with Crippen molar-refractivity contribution in [2.45, 2.75) is 51.4 Å². The topological polar surface area (TPSA) is 41.9 Å². The average molecular weight is 229 g/mol. The monoisotopic (exact) mass is 229 g/mol. The van der Waals surface area contributed by atoms with E-state index in [2.05, 4.69) is 6.58 Å². The Labute approximate surface area is 97.8 Å². The molecule has 4 nitrogen and oxygen atoms in total. The number of methoxy groups -OCH3 is 1. The summed E-state index contributed by atoms with van der Waals surface area (Å²) in [5.74, 6) is 0. The number of hydrogen-bond donors (Lipinski definition) is 1.